The second kappa shape index (κ2) is 5.00. The van der Waals surface area contributed by atoms with Crippen molar-refractivity contribution >= 4 is 5.78 Å². The van der Waals surface area contributed by atoms with E-state index in [9.17, 15) is 20.1 Å². The number of hydrogen-bond donors (Lipinski definition) is 4. The summed E-state index contributed by atoms with van der Waals surface area (Å²) in [6.07, 6.45) is 0.601. The maximum absolute atomic E-state index is 12.0. The van der Waals surface area contributed by atoms with Crippen LogP contribution in [0.1, 0.15) is 44.2 Å². The van der Waals surface area contributed by atoms with Crippen LogP contribution in [0.5, 0.6) is 11.5 Å². The van der Waals surface area contributed by atoms with Crippen LogP contribution >= 0.6 is 0 Å². The van der Waals surface area contributed by atoms with Gasteiger partial charge in [0.1, 0.15) is 5.78 Å². The van der Waals surface area contributed by atoms with Crippen molar-refractivity contribution in [2.45, 2.75) is 57.1 Å². The van der Waals surface area contributed by atoms with Crippen LogP contribution in [0.3, 0.4) is 0 Å². The molecular weight excluding hydrogens is 270 g/mol. The van der Waals surface area contributed by atoms with Crippen molar-refractivity contribution in [2.75, 3.05) is 0 Å². The second-order valence-corrected chi connectivity index (χ2v) is 6.39. The lowest BCUT2D eigenvalue weighted by atomic mass is 9.57. The number of carbonyl (C=O) groups is 1. The van der Waals surface area contributed by atoms with Crippen LogP contribution in [0.25, 0.3) is 0 Å². The molecule has 0 bridgehead atoms. The molecule has 1 aliphatic carbocycles. The third-order valence-electron chi connectivity index (χ3n) is 4.96. The summed E-state index contributed by atoms with van der Waals surface area (Å²) < 4.78 is 0. The zero-order valence-electron chi connectivity index (χ0n) is 12.7. The molecule has 0 heterocycles. The lowest BCUT2D eigenvalue weighted by Crippen LogP contribution is -2.62. The molecule has 0 aromatic heterocycles. The summed E-state index contributed by atoms with van der Waals surface area (Å²) in [7, 11) is 0. The molecule has 21 heavy (non-hydrogen) atoms. The molecule has 0 spiro atoms. The minimum Gasteiger partial charge on any atom is -0.504 e. The van der Waals surface area contributed by atoms with Gasteiger partial charge in [-0.15, -0.1) is 0 Å². The Morgan fingerprint density at radius 1 is 1.33 bits per heavy atom. The SMILES string of the molecule is Cc1ccc(O)c(O)c1C1(C)CC(=O)CCC1(O)C(C)N. The van der Waals surface area contributed by atoms with Crippen LogP contribution in [0.2, 0.25) is 0 Å². The number of carbonyl (C=O) groups excluding carboxylic acids is 1. The summed E-state index contributed by atoms with van der Waals surface area (Å²) in [6, 6.07) is 2.49. The van der Waals surface area contributed by atoms with Gasteiger partial charge >= 0.3 is 0 Å². The summed E-state index contributed by atoms with van der Waals surface area (Å²) in [4.78, 5) is 12.0. The van der Waals surface area contributed by atoms with Gasteiger partial charge in [0, 0.05) is 29.9 Å². The lowest BCUT2D eigenvalue weighted by molar-refractivity contribution is -0.135. The topological polar surface area (TPSA) is 104 Å². The van der Waals surface area contributed by atoms with E-state index in [2.05, 4.69) is 0 Å². The highest BCUT2D eigenvalue weighted by atomic mass is 16.3. The molecule has 5 nitrogen and oxygen atoms in total. The number of Topliss-reactive ketones (excluding diaryl/α,β-unsaturated/α-hetero) is 1. The van der Waals surface area contributed by atoms with Crippen LogP contribution in [0.15, 0.2) is 12.1 Å². The molecule has 1 aromatic rings. The number of nitrogens with two attached hydrogens (primary N) is 1. The molecule has 1 aliphatic rings. The van der Waals surface area contributed by atoms with Gasteiger partial charge in [0.2, 0.25) is 0 Å². The van der Waals surface area contributed by atoms with Gasteiger partial charge in [0.25, 0.3) is 0 Å². The maximum atomic E-state index is 12.0. The number of aromatic hydroxyl groups is 2. The summed E-state index contributed by atoms with van der Waals surface area (Å²) in [5, 5.41) is 31.2. The number of phenols is 2. The first kappa shape index (κ1) is 15.8. The van der Waals surface area contributed by atoms with Crippen LogP contribution < -0.4 is 5.73 Å². The van der Waals surface area contributed by atoms with Gasteiger partial charge in [-0.3, -0.25) is 4.79 Å². The predicted octanol–water partition coefficient (Wildman–Crippen LogP) is 1.50. The number of hydrogen-bond acceptors (Lipinski definition) is 5. The average molecular weight is 293 g/mol. The summed E-state index contributed by atoms with van der Waals surface area (Å²) in [5.74, 6) is -0.530. The lowest BCUT2D eigenvalue weighted by Gasteiger charge is -2.51. The third-order valence-corrected chi connectivity index (χ3v) is 4.96. The smallest absolute Gasteiger partial charge is 0.161 e. The number of aryl methyl sites for hydroxylation is 1. The van der Waals surface area contributed by atoms with Crippen molar-refractivity contribution in [3.63, 3.8) is 0 Å². The number of ketones is 1. The van der Waals surface area contributed by atoms with E-state index >= 15 is 0 Å². The minimum atomic E-state index is -1.32. The Balaban J connectivity index is 2.72. The van der Waals surface area contributed by atoms with E-state index < -0.39 is 17.1 Å². The summed E-state index contributed by atoms with van der Waals surface area (Å²) in [6.45, 7) is 5.21. The molecule has 0 aliphatic heterocycles. The highest BCUT2D eigenvalue weighted by Crippen LogP contribution is 2.51. The Hall–Kier alpha value is -1.59. The van der Waals surface area contributed by atoms with Crippen molar-refractivity contribution in [3.8, 4) is 11.5 Å². The normalized spacial score (nSPS) is 31.2. The molecule has 0 saturated heterocycles. The third kappa shape index (κ3) is 2.21. The number of aliphatic hydroxyl groups is 1. The van der Waals surface area contributed by atoms with Gasteiger partial charge in [-0.25, -0.2) is 0 Å². The summed E-state index contributed by atoms with van der Waals surface area (Å²) in [5.41, 5.74) is 4.74. The Kier molecular flexibility index (Phi) is 3.76. The van der Waals surface area contributed by atoms with E-state index in [1.165, 1.54) is 6.07 Å². The number of benzene rings is 1. The zero-order chi connectivity index (χ0) is 16.0. The average Bonchev–Trinajstić information content (AvgIpc) is 2.39. The van der Waals surface area contributed by atoms with Gasteiger partial charge < -0.3 is 21.1 Å². The molecule has 1 aromatic carbocycles. The largest absolute Gasteiger partial charge is 0.504 e. The highest BCUT2D eigenvalue weighted by molar-refractivity contribution is 5.82. The van der Waals surface area contributed by atoms with E-state index in [1.54, 1.807) is 26.8 Å². The first-order valence-electron chi connectivity index (χ1n) is 7.15. The molecular formula is C16H23NO4. The maximum Gasteiger partial charge on any atom is 0.161 e. The van der Waals surface area contributed by atoms with Crippen molar-refractivity contribution in [1.29, 1.82) is 0 Å². The van der Waals surface area contributed by atoms with E-state index in [1.807, 2.05) is 0 Å². The number of phenolic OH excluding ortho intramolecular Hbond substituents is 2. The van der Waals surface area contributed by atoms with Crippen molar-refractivity contribution in [3.05, 3.63) is 23.3 Å². The zero-order valence-corrected chi connectivity index (χ0v) is 12.7. The highest BCUT2D eigenvalue weighted by Gasteiger charge is 2.55. The Bertz CT molecular complexity index is 584. The molecule has 2 rings (SSSR count). The first-order chi connectivity index (χ1) is 9.63. The van der Waals surface area contributed by atoms with Gasteiger partial charge in [-0.2, -0.15) is 0 Å². The molecule has 5 heteroatoms. The van der Waals surface area contributed by atoms with Gasteiger partial charge in [-0.1, -0.05) is 13.0 Å². The molecule has 116 valence electrons. The van der Waals surface area contributed by atoms with Crippen LogP contribution in [0.4, 0.5) is 0 Å². The molecule has 1 fully saturated rings. The van der Waals surface area contributed by atoms with E-state index in [0.717, 1.165) is 0 Å². The Labute approximate surface area is 124 Å². The molecule has 0 amide bonds. The summed E-state index contributed by atoms with van der Waals surface area (Å²) >= 11 is 0. The Morgan fingerprint density at radius 3 is 2.52 bits per heavy atom. The Morgan fingerprint density at radius 2 is 1.95 bits per heavy atom. The fourth-order valence-corrected chi connectivity index (χ4v) is 3.65. The second-order valence-electron chi connectivity index (χ2n) is 6.39. The standard InChI is InChI=1S/C16H23NO4/c1-9-4-5-12(19)14(20)13(9)15(3)8-11(18)6-7-16(15,21)10(2)17/h4-5,10,19-21H,6-8,17H2,1-3H3. The fraction of sp³-hybridized carbons (Fsp3) is 0.562. The first-order valence-corrected chi connectivity index (χ1v) is 7.15. The van der Waals surface area contributed by atoms with Crippen molar-refractivity contribution < 1.29 is 20.1 Å². The molecule has 1 saturated carbocycles. The monoisotopic (exact) mass is 293 g/mol. The quantitative estimate of drug-likeness (QED) is 0.619. The van der Waals surface area contributed by atoms with Gasteiger partial charge in [0.15, 0.2) is 11.5 Å². The van der Waals surface area contributed by atoms with E-state index in [4.69, 9.17) is 5.73 Å². The van der Waals surface area contributed by atoms with Crippen molar-refractivity contribution in [1.82, 2.24) is 0 Å². The van der Waals surface area contributed by atoms with Gasteiger partial charge in [0.05, 0.1) is 5.60 Å². The predicted molar refractivity (Wildman–Crippen MR) is 79.3 cm³/mol. The number of rotatable bonds is 2. The molecule has 0 radical (unpaired) electrons. The van der Waals surface area contributed by atoms with Crippen LogP contribution in [-0.4, -0.2) is 32.7 Å². The molecule has 3 unspecified atom stereocenters. The van der Waals surface area contributed by atoms with Crippen LogP contribution in [0, 0.1) is 6.92 Å². The van der Waals surface area contributed by atoms with E-state index in [-0.39, 0.29) is 36.5 Å². The van der Waals surface area contributed by atoms with Gasteiger partial charge in [-0.05, 0) is 31.9 Å². The fourth-order valence-electron chi connectivity index (χ4n) is 3.65. The van der Waals surface area contributed by atoms with Crippen LogP contribution in [-0.2, 0) is 10.2 Å². The minimum absolute atomic E-state index is 0.0185. The van der Waals surface area contributed by atoms with Crippen molar-refractivity contribution in [2.24, 2.45) is 5.73 Å². The molecule has 5 N–H and O–H groups in total. The molecule has 3 atom stereocenters. The van der Waals surface area contributed by atoms with E-state index in [0.29, 0.717) is 11.1 Å².